The second-order valence-corrected chi connectivity index (χ2v) is 6.89. The maximum absolute atomic E-state index is 12.4. The van der Waals surface area contributed by atoms with E-state index in [0.717, 1.165) is 30.1 Å². The van der Waals surface area contributed by atoms with Crippen molar-refractivity contribution in [3.8, 4) is 5.75 Å². The first-order chi connectivity index (χ1) is 13.2. The maximum atomic E-state index is 12.4. The molecule has 1 heterocycles. The Morgan fingerprint density at radius 1 is 1.11 bits per heavy atom. The molecule has 0 spiro atoms. The largest absolute Gasteiger partial charge is 0.497 e. The summed E-state index contributed by atoms with van der Waals surface area (Å²) in [6.45, 7) is 4.35. The quantitative estimate of drug-likeness (QED) is 0.795. The smallest absolute Gasteiger partial charge is 0.253 e. The van der Waals surface area contributed by atoms with E-state index in [1.807, 2.05) is 36.4 Å². The van der Waals surface area contributed by atoms with Crippen LogP contribution in [0.25, 0.3) is 0 Å². The predicted octanol–water partition coefficient (Wildman–Crippen LogP) is 4.23. The van der Waals surface area contributed by atoms with Gasteiger partial charge in [0.25, 0.3) is 5.91 Å². The molecule has 27 heavy (non-hydrogen) atoms. The Kier molecular flexibility index (Phi) is 6.71. The molecule has 2 aromatic carbocycles. The second kappa shape index (κ2) is 9.42. The molecule has 0 aromatic heterocycles. The molecule has 1 fully saturated rings. The highest BCUT2D eigenvalue weighted by atomic mass is 16.5. The highest BCUT2D eigenvalue weighted by Crippen LogP contribution is 2.22. The molecule has 1 unspecified atom stereocenters. The minimum absolute atomic E-state index is 0.149. The van der Waals surface area contributed by atoms with Crippen LogP contribution in [0.2, 0.25) is 0 Å². The van der Waals surface area contributed by atoms with E-state index in [1.165, 1.54) is 24.9 Å². The van der Waals surface area contributed by atoms with Crippen LogP contribution < -0.4 is 15.0 Å². The number of ether oxygens (including phenoxy) is 2. The Hall–Kier alpha value is -2.53. The summed E-state index contributed by atoms with van der Waals surface area (Å²) in [5.74, 6) is 0.630. The van der Waals surface area contributed by atoms with Gasteiger partial charge in [0.1, 0.15) is 11.9 Å². The highest BCUT2D eigenvalue weighted by Gasteiger charge is 2.15. The molecule has 1 amide bonds. The van der Waals surface area contributed by atoms with E-state index in [0.29, 0.717) is 6.61 Å². The van der Waals surface area contributed by atoms with Gasteiger partial charge in [0.15, 0.2) is 0 Å². The molecule has 1 atom stereocenters. The van der Waals surface area contributed by atoms with Gasteiger partial charge in [-0.15, -0.1) is 0 Å². The zero-order valence-electron chi connectivity index (χ0n) is 16.1. The molecule has 1 aliphatic heterocycles. The van der Waals surface area contributed by atoms with Crippen LogP contribution in [0.15, 0.2) is 48.5 Å². The molecule has 1 saturated heterocycles. The van der Waals surface area contributed by atoms with Crippen molar-refractivity contribution in [1.29, 1.82) is 0 Å². The van der Waals surface area contributed by atoms with Crippen LogP contribution in [-0.2, 0) is 16.1 Å². The number of nitrogens with one attached hydrogen (secondary N) is 1. The summed E-state index contributed by atoms with van der Waals surface area (Å²) in [5, 5.41) is 2.92. The normalized spacial score (nSPS) is 15.3. The number of hydrogen-bond donors (Lipinski definition) is 1. The van der Waals surface area contributed by atoms with Crippen molar-refractivity contribution in [2.24, 2.45) is 0 Å². The van der Waals surface area contributed by atoms with Crippen molar-refractivity contribution in [2.75, 3.05) is 30.4 Å². The predicted molar refractivity (Wildman–Crippen MR) is 108 cm³/mol. The van der Waals surface area contributed by atoms with Crippen molar-refractivity contribution in [3.05, 3.63) is 54.1 Å². The number of carbonyl (C=O) groups excluding carboxylic acids is 1. The number of rotatable bonds is 7. The number of hydrogen-bond acceptors (Lipinski definition) is 4. The molecule has 5 nitrogen and oxygen atoms in total. The van der Waals surface area contributed by atoms with E-state index in [9.17, 15) is 4.79 Å². The fourth-order valence-electron chi connectivity index (χ4n) is 3.21. The topological polar surface area (TPSA) is 50.8 Å². The second-order valence-electron chi connectivity index (χ2n) is 6.89. The van der Waals surface area contributed by atoms with Gasteiger partial charge < -0.3 is 19.7 Å². The summed E-state index contributed by atoms with van der Waals surface area (Å²) in [5.41, 5.74) is 2.98. The molecule has 0 radical (unpaired) electrons. The molecular weight excluding hydrogens is 340 g/mol. The molecular formula is C22H28N2O3. The Morgan fingerprint density at radius 2 is 1.85 bits per heavy atom. The molecule has 1 aliphatic rings. The van der Waals surface area contributed by atoms with Gasteiger partial charge >= 0.3 is 0 Å². The Morgan fingerprint density at radius 3 is 2.56 bits per heavy atom. The first-order valence-corrected chi connectivity index (χ1v) is 9.56. The Labute approximate surface area is 161 Å². The number of benzene rings is 2. The fourth-order valence-corrected chi connectivity index (χ4v) is 3.21. The molecule has 144 valence electrons. The van der Waals surface area contributed by atoms with Crippen molar-refractivity contribution >= 4 is 17.3 Å². The molecule has 1 N–H and O–H groups in total. The van der Waals surface area contributed by atoms with E-state index >= 15 is 0 Å². The highest BCUT2D eigenvalue weighted by molar-refractivity contribution is 5.94. The van der Waals surface area contributed by atoms with Crippen LogP contribution in [0.1, 0.15) is 31.7 Å². The van der Waals surface area contributed by atoms with E-state index in [-0.39, 0.29) is 5.91 Å². The van der Waals surface area contributed by atoms with Gasteiger partial charge in [-0.05, 0) is 68.1 Å². The number of anilines is 2. The lowest BCUT2D eigenvalue weighted by atomic mass is 10.1. The fraction of sp³-hybridized carbons (Fsp3) is 0.409. The first-order valence-electron chi connectivity index (χ1n) is 9.56. The van der Waals surface area contributed by atoms with Gasteiger partial charge in [0.05, 0.1) is 13.7 Å². The number of amides is 1. The summed E-state index contributed by atoms with van der Waals surface area (Å²) in [6.07, 6.45) is 3.28. The van der Waals surface area contributed by atoms with Crippen molar-refractivity contribution in [2.45, 2.75) is 38.9 Å². The third-order valence-corrected chi connectivity index (χ3v) is 4.86. The van der Waals surface area contributed by atoms with E-state index in [1.54, 1.807) is 14.0 Å². The molecule has 3 rings (SSSR count). The summed E-state index contributed by atoms with van der Waals surface area (Å²) in [7, 11) is 1.63. The number of carbonyl (C=O) groups is 1. The lowest BCUT2D eigenvalue weighted by Crippen LogP contribution is -2.29. The third-order valence-electron chi connectivity index (χ3n) is 4.86. The van der Waals surface area contributed by atoms with E-state index < -0.39 is 6.10 Å². The van der Waals surface area contributed by atoms with Gasteiger partial charge in [0.2, 0.25) is 0 Å². The standard InChI is InChI=1S/C22H28N2O3/c1-17(27-16-18-7-6-8-21(15-18)26-2)22(25)23-19-9-11-20(12-10-19)24-13-4-3-5-14-24/h6-12,15,17H,3-5,13-14,16H2,1-2H3,(H,23,25). The lowest BCUT2D eigenvalue weighted by molar-refractivity contribution is -0.127. The van der Waals surface area contributed by atoms with Gasteiger partial charge in [-0.3, -0.25) is 4.79 Å². The molecule has 0 aliphatic carbocycles. The minimum Gasteiger partial charge on any atom is -0.497 e. The zero-order valence-corrected chi connectivity index (χ0v) is 16.1. The average Bonchev–Trinajstić information content (AvgIpc) is 2.73. The SMILES string of the molecule is COc1cccc(COC(C)C(=O)Nc2ccc(N3CCCCC3)cc2)c1. The number of methoxy groups -OCH3 is 1. The summed E-state index contributed by atoms with van der Waals surface area (Å²) in [4.78, 5) is 14.8. The van der Waals surface area contributed by atoms with Gasteiger partial charge in [-0.2, -0.15) is 0 Å². The minimum atomic E-state index is -0.544. The zero-order chi connectivity index (χ0) is 19.1. The molecule has 5 heteroatoms. The van der Waals surface area contributed by atoms with Crippen LogP contribution >= 0.6 is 0 Å². The number of nitrogens with zero attached hydrogens (tertiary/aromatic N) is 1. The maximum Gasteiger partial charge on any atom is 0.253 e. The van der Waals surface area contributed by atoms with Crippen LogP contribution in [0, 0.1) is 0 Å². The van der Waals surface area contributed by atoms with Gasteiger partial charge in [-0.1, -0.05) is 12.1 Å². The number of piperidine rings is 1. The first kappa shape index (κ1) is 19.2. The summed E-state index contributed by atoms with van der Waals surface area (Å²) < 4.78 is 10.9. The van der Waals surface area contributed by atoms with Crippen molar-refractivity contribution < 1.29 is 14.3 Å². The summed E-state index contributed by atoms with van der Waals surface area (Å²) >= 11 is 0. The van der Waals surface area contributed by atoms with Gasteiger partial charge in [0, 0.05) is 24.5 Å². The average molecular weight is 368 g/mol. The van der Waals surface area contributed by atoms with Gasteiger partial charge in [-0.25, -0.2) is 0 Å². The third kappa shape index (κ3) is 5.47. The Bertz CT molecular complexity index is 739. The molecule has 2 aromatic rings. The van der Waals surface area contributed by atoms with Crippen LogP contribution in [-0.4, -0.2) is 32.2 Å². The van der Waals surface area contributed by atoms with Crippen molar-refractivity contribution in [1.82, 2.24) is 0 Å². The van der Waals surface area contributed by atoms with Crippen LogP contribution in [0.5, 0.6) is 5.75 Å². The van der Waals surface area contributed by atoms with Crippen molar-refractivity contribution in [3.63, 3.8) is 0 Å². The monoisotopic (exact) mass is 368 g/mol. The van der Waals surface area contributed by atoms with E-state index in [4.69, 9.17) is 9.47 Å². The summed E-state index contributed by atoms with van der Waals surface area (Å²) in [6, 6.07) is 15.7. The molecule has 0 bridgehead atoms. The molecule has 0 saturated carbocycles. The Balaban J connectivity index is 1.50. The lowest BCUT2D eigenvalue weighted by Gasteiger charge is -2.28. The van der Waals surface area contributed by atoms with Crippen LogP contribution in [0.3, 0.4) is 0 Å². The van der Waals surface area contributed by atoms with E-state index in [2.05, 4.69) is 22.3 Å². The van der Waals surface area contributed by atoms with Crippen LogP contribution in [0.4, 0.5) is 11.4 Å².